The Balaban J connectivity index is 0.000000351. The predicted molar refractivity (Wildman–Crippen MR) is 90.1 cm³/mol. The fourth-order valence-electron chi connectivity index (χ4n) is 2.17. The van der Waals surface area contributed by atoms with E-state index in [2.05, 4.69) is 10.2 Å². The molecule has 1 saturated heterocycles. The van der Waals surface area contributed by atoms with Crippen LogP contribution in [-0.2, 0) is 14.3 Å². The van der Waals surface area contributed by atoms with Gasteiger partial charge in [-0.2, -0.15) is 0 Å². The van der Waals surface area contributed by atoms with Crippen LogP contribution in [0.2, 0.25) is 0 Å². The van der Waals surface area contributed by atoms with Crippen molar-refractivity contribution in [2.45, 2.75) is 26.2 Å². The summed E-state index contributed by atoms with van der Waals surface area (Å²) in [6.07, 6.45) is 2.51. The van der Waals surface area contributed by atoms with E-state index in [1.165, 1.54) is 5.01 Å². The monoisotopic (exact) mass is 338 g/mol. The second kappa shape index (κ2) is 11.6. The second-order valence-corrected chi connectivity index (χ2v) is 5.24. The van der Waals surface area contributed by atoms with E-state index in [9.17, 15) is 9.59 Å². The fraction of sp³-hybridized carbons (Fsp3) is 0.529. The molecule has 1 unspecified atom stereocenters. The van der Waals surface area contributed by atoms with Gasteiger partial charge in [0.15, 0.2) is 0 Å². The zero-order valence-electron chi connectivity index (χ0n) is 14.0. The highest BCUT2D eigenvalue weighted by Crippen LogP contribution is 2.22. The Morgan fingerprint density at radius 1 is 1.12 bits per heavy atom. The van der Waals surface area contributed by atoms with E-state index in [4.69, 9.17) is 10.2 Å². The standard InChI is InChI=1S/C13H16N2O2.C4H10O3/c1-2-3-9-11-12(16)14-15(13(11)17)10-7-5-4-6-8-10;5-1-3-7-4-2-6/h4-8,11H,2-3,9H2,1H3,(H,14,16);5-6H,1-4H2. The minimum Gasteiger partial charge on any atom is -0.394 e. The van der Waals surface area contributed by atoms with Gasteiger partial charge in [-0.15, -0.1) is 0 Å². The number of aliphatic hydroxyl groups is 2. The number of hydrogen-bond acceptors (Lipinski definition) is 5. The number of carbonyl (C=O) groups excluding carboxylic acids is 2. The molecule has 7 nitrogen and oxygen atoms in total. The first-order valence-electron chi connectivity index (χ1n) is 8.14. The molecule has 2 amide bonds. The third-order valence-corrected chi connectivity index (χ3v) is 3.39. The molecule has 1 aliphatic rings. The summed E-state index contributed by atoms with van der Waals surface area (Å²) in [5.74, 6) is -0.850. The molecule has 1 aromatic rings. The van der Waals surface area contributed by atoms with Gasteiger partial charge in [-0.25, -0.2) is 5.01 Å². The van der Waals surface area contributed by atoms with Crippen molar-refractivity contribution in [1.29, 1.82) is 0 Å². The van der Waals surface area contributed by atoms with Gasteiger partial charge in [0.2, 0.25) is 0 Å². The van der Waals surface area contributed by atoms with Crippen molar-refractivity contribution in [3.63, 3.8) is 0 Å². The van der Waals surface area contributed by atoms with Gasteiger partial charge in [0.05, 0.1) is 32.1 Å². The van der Waals surface area contributed by atoms with E-state index in [-0.39, 0.29) is 25.0 Å². The van der Waals surface area contributed by atoms with Gasteiger partial charge < -0.3 is 14.9 Å². The summed E-state index contributed by atoms with van der Waals surface area (Å²) < 4.78 is 4.63. The van der Waals surface area contributed by atoms with Crippen molar-refractivity contribution in [3.8, 4) is 0 Å². The van der Waals surface area contributed by atoms with Gasteiger partial charge in [-0.1, -0.05) is 38.0 Å². The summed E-state index contributed by atoms with van der Waals surface area (Å²) in [6.45, 7) is 2.74. The largest absolute Gasteiger partial charge is 0.394 e. The van der Waals surface area contributed by atoms with Crippen molar-refractivity contribution in [1.82, 2.24) is 5.43 Å². The van der Waals surface area contributed by atoms with Crippen LogP contribution in [0.4, 0.5) is 5.69 Å². The molecule has 1 aliphatic heterocycles. The van der Waals surface area contributed by atoms with E-state index in [1.807, 2.05) is 25.1 Å². The lowest BCUT2D eigenvalue weighted by Gasteiger charge is -2.14. The van der Waals surface area contributed by atoms with Gasteiger partial charge in [0, 0.05) is 0 Å². The Labute approximate surface area is 142 Å². The Kier molecular flexibility index (Phi) is 9.67. The number of nitrogens with zero attached hydrogens (tertiary/aromatic N) is 1. The first-order chi connectivity index (χ1) is 11.7. The maximum Gasteiger partial charge on any atom is 0.258 e. The van der Waals surface area contributed by atoms with Crippen LogP contribution in [0.3, 0.4) is 0 Å². The number of para-hydroxylation sites is 1. The quantitative estimate of drug-likeness (QED) is 0.482. The molecule has 0 saturated carbocycles. The number of unbranched alkanes of at least 4 members (excludes halogenated alkanes) is 1. The van der Waals surface area contributed by atoms with E-state index in [0.717, 1.165) is 12.8 Å². The molecule has 2 rings (SSSR count). The molecule has 0 aliphatic carbocycles. The topological polar surface area (TPSA) is 99.1 Å². The molecular formula is C17H26N2O5. The maximum absolute atomic E-state index is 12.1. The lowest BCUT2D eigenvalue weighted by molar-refractivity contribution is -0.127. The number of benzene rings is 1. The molecule has 1 fully saturated rings. The number of amides is 2. The smallest absolute Gasteiger partial charge is 0.258 e. The van der Waals surface area contributed by atoms with Crippen LogP contribution in [0.25, 0.3) is 0 Å². The van der Waals surface area contributed by atoms with Gasteiger partial charge in [-0.3, -0.25) is 15.0 Å². The van der Waals surface area contributed by atoms with E-state index < -0.39 is 5.92 Å². The summed E-state index contributed by atoms with van der Waals surface area (Å²) in [4.78, 5) is 23.8. The number of anilines is 1. The van der Waals surface area contributed by atoms with Crippen LogP contribution in [0.15, 0.2) is 30.3 Å². The SMILES string of the molecule is CCCCC1C(=O)NN(c2ccccc2)C1=O.OCCOCCO. The van der Waals surface area contributed by atoms with Crippen molar-refractivity contribution in [2.75, 3.05) is 31.4 Å². The van der Waals surface area contributed by atoms with Crippen molar-refractivity contribution in [3.05, 3.63) is 30.3 Å². The molecule has 1 atom stereocenters. The Hall–Kier alpha value is -1.96. The van der Waals surface area contributed by atoms with E-state index in [1.54, 1.807) is 12.1 Å². The van der Waals surface area contributed by atoms with Gasteiger partial charge >= 0.3 is 0 Å². The Morgan fingerprint density at radius 3 is 2.29 bits per heavy atom. The Bertz CT molecular complexity index is 491. The van der Waals surface area contributed by atoms with Crippen molar-refractivity contribution < 1.29 is 24.5 Å². The third-order valence-electron chi connectivity index (χ3n) is 3.39. The second-order valence-electron chi connectivity index (χ2n) is 5.24. The highest BCUT2D eigenvalue weighted by molar-refractivity contribution is 6.14. The number of carbonyl (C=O) groups is 2. The molecule has 0 radical (unpaired) electrons. The molecule has 3 N–H and O–H groups in total. The van der Waals surface area contributed by atoms with Crippen LogP contribution in [0, 0.1) is 5.92 Å². The average molecular weight is 338 g/mol. The normalized spacial score (nSPS) is 16.6. The summed E-state index contributed by atoms with van der Waals surface area (Å²) >= 11 is 0. The Morgan fingerprint density at radius 2 is 1.75 bits per heavy atom. The first kappa shape index (κ1) is 20.1. The van der Waals surface area contributed by atoms with Gasteiger partial charge in [-0.05, 0) is 18.6 Å². The molecular weight excluding hydrogens is 312 g/mol. The number of nitrogens with one attached hydrogen (secondary N) is 1. The number of aliphatic hydroxyl groups excluding tert-OH is 2. The fourth-order valence-corrected chi connectivity index (χ4v) is 2.17. The maximum atomic E-state index is 12.1. The summed E-state index contributed by atoms with van der Waals surface area (Å²) in [5, 5.41) is 17.5. The molecule has 1 aromatic carbocycles. The molecule has 24 heavy (non-hydrogen) atoms. The highest BCUT2D eigenvalue weighted by Gasteiger charge is 2.39. The van der Waals surface area contributed by atoms with E-state index >= 15 is 0 Å². The van der Waals surface area contributed by atoms with Gasteiger partial charge in [0.25, 0.3) is 11.8 Å². The summed E-state index contributed by atoms with van der Waals surface area (Å²) in [5.41, 5.74) is 3.34. The molecule has 7 heteroatoms. The third kappa shape index (κ3) is 6.27. The highest BCUT2D eigenvalue weighted by atomic mass is 16.5. The molecule has 1 heterocycles. The molecule has 0 spiro atoms. The first-order valence-corrected chi connectivity index (χ1v) is 8.14. The van der Waals surface area contributed by atoms with E-state index in [0.29, 0.717) is 25.3 Å². The minimum absolute atomic E-state index is 0.0278. The molecule has 0 bridgehead atoms. The van der Waals surface area contributed by atoms with Crippen LogP contribution < -0.4 is 10.4 Å². The summed E-state index contributed by atoms with van der Waals surface area (Å²) in [7, 11) is 0. The lowest BCUT2D eigenvalue weighted by Crippen LogP contribution is -2.35. The zero-order valence-corrected chi connectivity index (χ0v) is 14.0. The average Bonchev–Trinajstić information content (AvgIpc) is 2.89. The number of ether oxygens (including phenoxy) is 1. The minimum atomic E-state index is -0.518. The predicted octanol–water partition coefficient (Wildman–Crippen LogP) is 0.858. The van der Waals surface area contributed by atoms with Crippen LogP contribution in [0.1, 0.15) is 26.2 Å². The van der Waals surface area contributed by atoms with Crippen molar-refractivity contribution >= 4 is 17.5 Å². The zero-order chi connectivity index (χ0) is 17.8. The number of hydrogen-bond donors (Lipinski definition) is 3. The van der Waals surface area contributed by atoms with Crippen LogP contribution in [0.5, 0.6) is 0 Å². The summed E-state index contributed by atoms with van der Waals surface area (Å²) in [6, 6.07) is 9.17. The molecule has 0 aromatic heterocycles. The van der Waals surface area contributed by atoms with Crippen LogP contribution in [-0.4, -0.2) is 48.5 Å². The molecule has 134 valence electrons. The van der Waals surface area contributed by atoms with Crippen molar-refractivity contribution in [2.24, 2.45) is 5.92 Å². The lowest BCUT2D eigenvalue weighted by atomic mass is 10.0. The number of hydrazine groups is 1. The van der Waals surface area contributed by atoms with Gasteiger partial charge in [0.1, 0.15) is 5.92 Å². The van der Waals surface area contributed by atoms with Crippen LogP contribution >= 0.6 is 0 Å². The number of rotatable bonds is 8.